The number of rotatable bonds is 8. The number of carbonyl (C=O) groups is 1. The van der Waals surface area contributed by atoms with E-state index >= 15 is 0 Å². The van der Waals surface area contributed by atoms with Crippen molar-refractivity contribution < 1.29 is 14.3 Å². The first-order valence-electron chi connectivity index (χ1n) is 7.51. The Morgan fingerprint density at radius 1 is 1.14 bits per heavy atom. The second-order valence-electron chi connectivity index (χ2n) is 5.89. The van der Waals surface area contributed by atoms with E-state index in [0.29, 0.717) is 18.9 Å². The predicted octanol–water partition coefficient (Wildman–Crippen LogP) is 2.55. The zero-order valence-electron chi connectivity index (χ0n) is 13.4. The van der Waals surface area contributed by atoms with E-state index < -0.39 is 12.0 Å². The number of esters is 1. The maximum Gasteiger partial charge on any atom is 0.322 e. The molecule has 0 spiro atoms. The molecule has 0 saturated carbocycles. The number of nitrogens with two attached hydrogens (primary N) is 1. The third-order valence-electron chi connectivity index (χ3n) is 3.12. The van der Waals surface area contributed by atoms with Gasteiger partial charge in [-0.25, -0.2) is 0 Å². The van der Waals surface area contributed by atoms with Crippen LogP contribution in [0.25, 0.3) is 0 Å². The van der Waals surface area contributed by atoms with Crippen LogP contribution in [0.3, 0.4) is 0 Å². The summed E-state index contributed by atoms with van der Waals surface area (Å²) in [7, 11) is 0. The van der Waals surface area contributed by atoms with Crippen LogP contribution in [0.15, 0.2) is 30.3 Å². The first-order chi connectivity index (χ1) is 9.90. The average Bonchev–Trinajstić information content (AvgIpc) is 2.44. The molecular formula is C17H27NO3. The van der Waals surface area contributed by atoms with Gasteiger partial charge in [-0.1, -0.05) is 44.2 Å². The molecule has 1 rings (SSSR count). The normalized spacial score (nSPS) is 15.5. The zero-order chi connectivity index (χ0) is 15.8. The second kappa shape index (κ2) is 8.80. The summed E-state index contributed by atoms with van der Waals surface area (Å²) in [6, 6.07) is 9.45. The highest BCUT2D eigenvalue weighted by atomic mass is 16.6. The largest absolute Gasteiger partial charge is 0.459 e. The Morgan fingerprint density at radius 3 is 2.29 bits per heavy atom. The van der Waals surface area contributed by atoms with Crippen LogP contribution < -0.4 is 5.73 Å². The molecular weight excluding hydrogens is 266 g/mol. The van der Waals surface area contributed by atoms with Gasteiger partial charge < -0.3 is 15.2 Å². The number of benzene rings is 1. The quantitative estimate of drug-likeness (QED) is 0.748. The molecule has 3 atom stereocenters. The van der Waals surface area contributed by atoms with Crippen molar-refractivity contribution in [2.24, 2.45) is 11.7 Å². The van der Waals surface area contributed by atoms with E-state index in [0.717, 1.165) is 5.56 Å². The van der Waals surface area contributed by atoms with Crippen LogP contribution in [-0.2, 0) is 20.7 Å². The lowest BCUT2D eigenvalue weighted by molar-refractivity contribution is -0.157. The second-order valence-corrected chi connectivity index (χ2v) is 5.89. The van der Waals surface area contributed by atoms with Crippen LogP contribution in [-0.4, -0.2) is 30.8 Å². The van der Waals surface area contributed by atoms with E-state index in [2.05, 4.69) is 13.8 Å². The van der Waals surface area contributed by atoms with Crippen molar-refractivity contribution in [3.8, 4) is 0 Å². The Hall–Kier alpha value is -1.39. The molecule has 0 aliphatic heterocycles. The SMILES string of the molecule is CC(C)CO[C@H](Cc1ccccc1)[C@H](C)OC(=O)[C@H](C)N. The Bertz CT molecular complexity index is 417. The minimum Gasteiger partial charge on any atom is -0.459 e. The third-order valence-corrected chi connectivity index (χ3v) is 3.12. The van der Waals surface area contributed by atoms with Crippen molar-refractivity contribution in [1.82, 2.24) is 0 Å². The van der Waals surface area contributed by atoms with Gasteiger partial charge in [0.2, 0.25) is 0 Å². The Labute approximate surface area is 127 Å². The van der Waals surface area contributed by atoms with E-state index in [9.17, 15) is 4.79 Å². The van der Waals surface area contributed by atoms with Gasteiger partial charge >= 0.3 is 5.97 Å². The fourth-order valence-corrected chi connectivity index (χ4v) is 1.89. The van der Waals surface area contributed by atoms with Crippen LogP contribution in [0.4, 0.5) is 0 Å². The predicted molar refractivity (Wildman–Crippen MR) is 83.9 cm³/mol. The topological polar surface area (TPSA) is 61.5 Å². The van der Waals surface area contributed by atoms with Gasteiger partial charge in [0.1, 0.15) is 12.1 Å². The van der Waals surface area contributed by atoms with Crippen molar-refractivity contribution in [2.75, 3.05) is 6.61 Å². The standard InChI is InChI=1S/C17H27NO3/c1-12(2)11-20-16(10-15-8-6-5-7-9-15)14(4)21-17(19)13(3)18/h5-9,12-14,16H,10-11,18H2,1-4H3/t13-,14-,16+/m0/s1. The summed E-state index contributed by atoms with van der Waals surface area (Å²) in [5.74, 6) is 0.0355. The molecule has 1 aromatic rings. The summed E-state index contributed by atoms with van der Waals surface area (Å²) in [5, 5.41) is 0. The molecule has 0 radical (unpaired) electrons. The van der Waals surface area contributed by atoms with Crippen LogP contribution >= 0.6 is 0 Å². The van der Waals surface area contributed by atoms with Gasteiger partial charge in [-0.2, -0.15) is 0 Å². The van der Waals surface area contributed by atoms with Gasteiger partial charge in [-0.3, -0.25) is 4.79 Å². The van der Waals surface area contributed by atoms with Crippen molar-refractivity contribution >= 4 is 5.97 Å². The van der Waals surface area contributed by atoms with Crippen molar-refractivity contribution in [2.45, 2.75) is 52.4 Å². The minimum absolute atomic E-state index is 0.169. The van der Waals surface area contributed by atoms with Gasteiger partial charge in [0.05, 0.1) is 6.10 Å². The number of hydrogen-bond acceptors (Lipinski definition) is 4. The Balaban J connectivity index is 2.69. The van der Waals surface area contributed by atoms with Gasteiger partial charge in [0.15, 0.2) is 0 Å². The van der Waals surface area contributed by atoms with Crippen LogP contribution in [0.5, 0.6) is 0 Å². The molecule has 0 aliphatic rings. The highest BCUT2D eigenvalue weighted by Crippen LogP contribution is 2.14. The molecule has 4 heteroatoms. The summed E-state index contributed by atoms with van der Waals surface area (Å²) in [5.41, 5.74) is 6.71. The third kappa shape index (κ3) is 6.74. The number of hydrogen-bond donors (Lipinski definition) is 1. The van der Waals surface area contributed by atoms with Crippen LogP contribution in [0.1, 0.15) is 33.3 Å². The zero-order valence-corrected chi connectivity index (χ0v) is 13.4. The van der Waals surface area contributed by atoms with E-state index in [-0.39, 0.29) is 12.2 Å². The molecule has 118 valence electrons. The van der Waals surface area contributed by atoms with Gasteiger partial charge in [0, 0.05) is 13.0 Å². The first kappa shape index (κ1) is 17.7. The highest BCUT2D eigenvalue weighted by Gasteiger charge is 2.24. The molecule has 0 aliphatic carbocycles. The molecule has 0 aromatic heterocycles. The van der Waals surface area contributed by atoms with Crippen molar-refractivity contribution in [1.29, 1.82) is 0 Å². The lowest BCUT2D eigenvalue weighted by Crippen LogP contribution is -2.38. The minimum atomic E-state index is -0.616. The molecule has 1 aromatic carbocycles. The van der Waals surface area contributed by atoms with Crippen molar-refractivity contribution in [3.05, 3.63) is 35.9 Å². The molecule has 21 heavy (non-hydrogen) atoms. The summed E-state index contributed by atoms with van der Waals surface area (Å²) >= 11 is 0. The molecule has 2 N–H and O–H groups in total. The number of carbonyl (C=O) groups excluding carboxylic acids is 1. The molecule has 4 nitrogen and oxygen atoms in total. The summed E-state index contributed by atoms with van der Waals surface area (Å²) < 4.78 is 11.3. The van der Waals surface area contributed by atoms with Gasteiger partial charge in [0.25, 0.3) is 0 Å². The summed E-state index contributed by atoms with van der Waals surface area (Å²) in [6.07, 6.45) is 0.209. The van der Waals surface area contributed by atoms with Gasteiger partial charge in [-0.15, -0.1) is 0 Å². The fraction of sp³-hybridized carbons (Fsp3) is 0.588. The number of ether oxygens (including phenoxy) is 2. The van der Waals surface area contributed by atoms with E-state index in [1.807, 2.05) is 37.3 Å². The molecule has 0 amide bonds. The highest BCUT2D eigenvalue weighted by molar-refractivity contribution is 5.75. The summed E-state index contributed by atoms with van der Waals surface area (Å²) in [6.45, 7) is 8.30. The Kier molecular flexibility index (Phi) is 7.40. The van der Waals surface area contributed by atoms with Crippen LogP contribution in [0, 0.1) is 5.92 Å². The molecule has 0 fully saturated rings. The van der Waals surface area contributed by atoms with E-state index in [4.69, 9.17) is 15.2 Å². The fourth-order valence-electron chi connectivity index (χ4n) is 1.89. The molecule has 0 unspecified atom stereocenters. The molecule has 0 bridgehead atoms. The molecule has 0 heterocycles. The van der Waals surface area contributed by atoms with Crippen LogP contribution in [0.2, 0.25) is 0 Å². The lowest BCUT2D eigenvalue weighted by Gasteiger charge is -2.26. The first-order valence-corrected chi connectivity index (χ1v) is 7.51. The average molecular weight is 293 g/mol. The maximum atomic E-state index is 11.6. The molecule has 0 saturated heterocycles. The lowest BCUT2D eigenvalue weighted by atomic mass is 10.0. The Morgan fingerprint density at radius 2 is 1.76 bits per heavy atom. The maximum absolute atomic E-state index is 11.6. The van der Waals surface area contributed by atoms with Crippen molar-refractivity contribution in [3.63, 3.8) is 0 Å². The summed E-state index contributed by atoms with van der Waals surface area (Å²) in [4.78, 5) is 11.6. The smallest absolute Gasteiger partial charge is 0.322 e. The van der Waals surface area contributed by atoms with Gasteiger partial charge in [-0.05, 0) is 25.3 Å². The van der Waals surface area contributed by atoms with E-state index in [1.54, 1.807) is 6.92 Å². The monoisotopic (exact) mass is 293 g/mol. The van der Waals surface area contributed by atoms with E-state index in [1.165, 1.54) is 0 Å².